The lowest BCUT2D eigenvalue weighted by atomic mass is 10.3. The van der Waals surface area contributed by atoms with Crippen LogP contribution in [0.15, 0.2) is 12.2 Å². The summed E-state index contributed by atoms with van der Waals surface area (Å²) >= 11 is 1.19. The van der Waals surface area contributed by atoms with Gasteiger partial charge in [-0.15, -0.1) is 0 Å². The molecule has 0 unspecified atom stereocenters. The van der Waals surface area contributed by atoms with Crippen LogP contribution in [0.3, 0.4) is 0 Å². The Morgan fingerprint density at radius 1 is 1.85 bits per heavy atom. The van der Waals surface area contributed by atoms with Crippen LogP contribution in [0.25, 0.3) is 0 Å². The van der Waals surface area contributed by atoms with Gasteiger partial charge in [0, 0.05) is 6.54 Å². The van der Waals surface area contributed by atoms with Crippen molar-refractivity contribution in [1.82, 2.24) is 4.37 Å². The molecule has 3 N–H and O–H groups in total. The van der Waals surface area contributed by atoms with Gasteiger partial charge in [-0.2, -0.15) is 9.64 Å². The van der Waals surface area contributed by atoms with Crippen molar-refractivity contribution in [2.24, 2.45) is 0 Å². The predicted molar refractivity (Wildman–Crippen MR) is 54.5 cm³/mol. The maximum absolute atomic E-state index is 8.73. The van der Waals surface area contributed by atoms with Gasteiger partial charge >= 0.3 is 0 Å². The summed E-state index contributed by atoms with van der Waals surface area (Å²) in [5, 5.41) is 12.5. The summed E-state index contributed by atoms with van der Waals surface area (Å²) in [4.78, 5) is 0. The first-order chi connectivity index (χ1) is 6.15. The standard InChI is InChI=1S/C8H10N4S/c1-5(2)4-11-8-6(3-9)7(10)12-13-8/h11H,1,4H2,2H3,(H2,10,12). The molecule has 5 heteroatoms. The molecule has 13 heavy (non-hydrogen) atoms. The Morgan fingerprint density at radius 2 is 2.54 bits per heavy atom. The highest BCUT2D eigenvalue weighted by molar-refractivity contribution is 7.10. The fraction of sp³-hybridized carbons (Fsp3) is 0.250. The number of nitrogens with one attached hydrogen (secondary N) is 1. The van der Waals surface area contributed by atoms with E-state index in [-0.39, 0.29) is 5.82 Å². The number of nitrogens with zero attached hydrogens (tertiary/aromatic N) is 2. The van der Waals surface area contributed by atoms with Gasteiger partial charge in [0.15, 0.2) is 5.82 Å². The molecule has 68 valence electrons. The van der Waals surface area contributed by atoms with Gasteiger partial charge in [0.05, 0.1) is 0 Å². The smallest absolute Gasteiger partial charge is 0.157 e. The lowest BCUT2D eigenvalue weighted by Crippen LogP contribution is -2.01. The highest BCUT2D eigenvalue weighted by Gasteiger charge is 2.09. The van der Waals surface area contributed by atoms with Crippen LogP contribution in [0.2, 0.25) is 0 Å². The quantitative estimate of drug-likeness (QED) is 0.716. The normalized spacial score (nSPS) is 9.23. The van der Waals surface area contributed by atoms with Crippen LogP contribution in [0.5, 0.6) is 0 Å². The highest BCUT2D eigenvalue weighted by Crippen LogP contribution is 2.25. The first-order valence-corrected chi connectivity index (χ1v) is 4.46. The lowest BCUT2D eigenvalue weighted by molar-refractivity contribution is 1.23. The molecule has 0 saturated carbocycles. The van der Waals surface area contributed by atoms with Crippen molar-refractivity contribution in [1.29, 1.82) is 5.26 Å². The number of nitriles is 1. The number of nitrogen functional groups attached to an aromatic ring is 1. The van der Waals surface area contributed by atoms with Crippen molar-refractivity contribution in [2.45, 2.75) is 6.92 Å². The summed E-state index contributed by atoms with van der Waals surface area (Å²) in [7, 11) is 0. The Kier molecular flexibility index (Phi) is 2.88. The summed E-state index contributed by atoms with van der Waals surface area (Å²) in [6, 6.07) is 2.00. The van der Waals surface area contributed by atoms with E-state index < -0.39 is 0 Å². The molecule has 0 radical (unpaired) electrons. The number of rotatable bonds is 3. The molecule has 1 rings (SSSR count). The first kappa shape index (κ1) is 9.55. The fourth-order valence-corrected chi connectivity index (χ4v) is 1.42. The van der Waals surface area contributed by atoms with Crippen LogP contribution in [-0.4, -0.2) is 10.9 Å². The minimum absolute atomic E-state index is 0.289. The second-order valence-corrected chi connectivity index (χ2v) is 3.47. The molecule has 0 amide bonds. The van der Waals surface area contributed by atoms with Gasteiger partial charge in [0.1, 0.15) is 16.6 Å². The van der Waals surface area contributed by atoms with Crippen molar-refractivity contribution in [3.05, 3.63) is 17.7 Å². The number of hydrogen-bond acceptors (Lipinski definition) is 5. The van der Waals surface area contributed by atoms with Gasteiger partial charge in [-0.3, -0.25) is 0 Å². The molecule has 0 saturated heterocycles. The summed E-state index contributed by atoms with van der Waals surface area (Å²) < 4.78 is 3.87. The number of aromatic nitrogens is 1. The molecule has 0 bridgehead atoms. The average molecular weight is 194 g/mol. The van der Waals surface area contributed by atoms with E-state index in [4.69, 9.17) is 11.0 Å². The molecule has 0 aliphatic heterocycles. The third-order valence-corrected chi connectivity index (χ3v) is 2.20. The van der Waals surface area contributed by atoms with Crippen molar-refractivity contribution in [3.63, 3.8) is 0 Å². The number of anilines is 2. The van der Waals surface area contributed by atoms with Gasteiger partial charge < -0.3 is 11.1 Å². The highest BCUT2D eigenvalue weighted by atomic mass is 32.1. The maximum Gasteiger partial charge on any atom is 0.157 e. The first-order valence-electron chi connectivity index (χ1n) is 3.68. The number of nitrogens with two attached hydrogens (primary N) is 1. The second-order valence-electron chi connectivity index (χ2n) is 2.69. The predicted octanol–water partition coefficient (Wildman–Crippen LogP) is 1.58. The molecule has 4 nitrogen and oxygen atoms in total. The molecule has 1 aromatic heterocycles. The summed E-state index contributed by atoms with van der Waals surface area (Å²) in [5.74, 6) is 0.289. The van der Waals surface area contributed by atoms with Gasteiger partial charge in [0.25, 0.3) is 0 Å². The Bertz CT molecular complexity index is 361. The molecule has 0 aromatic carbocycles. The maximum atomic E-state index is 8.73. The zero-order valence-corrected chi connectivity index (χ0v) is 8.11. The fourth-order valence-electron chi connectivity index (χ4n) is 0.762. The van der Waals surface area contributed by atoms with Crippen molar-refractivity contribution < 1.29 is 0 Å². The largest absolute Gasteiger partial charge is 0.382 e. The minimum atomic E-state index is 0.289. The molecular formula is C8H10N4S. The molecule has 0 fully saturated rings. The molecule has 0 aliphatic carbocycles. The van der Waals surface area contributed by atoms with Gasteiger partial charge in [-0.05, 0) is 18.5 Å². The van der Waals surface area contributed by atoms with Crippen LogP contribution >= 0.6 is 11.5 Å². The molecule has 0 aliphatic rings. The van der Waals surface area contributed by atoms with E-state index in [2.05, 4.69) is 16.3 Å². The van der Waals surface area contributed by atoms with Crippen LogP contribution in [0.4, 0.5) is 10.8 Å². The van der Waals surface area contributed by atoms with E-state index in [1.54, 1.807) is 0 Å². The zero-order chi connectivity index (χ0) is 9.84. The minimum Gasteiger partial charge on any atom is -0.382 e. The Labute approximate surface area is 80.8 Å². The second kappa shape index (κ2) is 3.92. The van der Waals surface area contributed by atoms with E-state index in [0.717, 1.165) is 5.57 Å². The Hall–Kier alpha value is -1.54. The number of hydrogen-bond donors (Lipinski definition) is 2. The van der Waals surface area contributed by atoms with Crippen LogP contribution in [0.1, 0.15) is 12.5 Å². The van der Waals surface area contributed by atoms with Gasteiger partial charge in [-0.1, -0.05) is 12.2 Å². The summed E-state index contributed by atoms with van der Waals surface area (Å²) in [6.07, 6.45) is 0. The Balaban J connectivity index is 2.78. The van der Waals surface area contributed by atoms with Gasteiger partial charge in [-0.25, -0.2) is 0 Å². The third-order valence-electron chi connectivity index (χ3n) is 1.38. The summed E-state index contributed by atoms with van der Waals surface area (Å²) in [5.41, 5.74) is 6.89. The third kappa shape index (κ3) is 2.20. The van der Waals surface area contributed by atoms with Crippen LogP contribution < -0.4 is 11.1 Å². The molecule has 1 heterocycles. The van der Waals surface area contributed by atoms with E-state index in [9.17, 15) is 0 Å². The molecule has 1 aromatic rings. The Morgan fingerprint density at radius 3 is 3.08 bits per heavy atom. The van der Waals surface area contributed by atoms with Crippen molar-refractivity contribution in [2.75, 3.05) is 17.6 Å². The zero-order valence-electron chi connectivity index (χ0n) is 7.29. The van der Waals surface area contributed by atoms with E-state index >= 15 is 0 Å². The summed E-state index contributed by atoms with van der Waals surface area (Å²) in [6.45, 7) is 6.28. The van der Waals surface area contributed by atoms with Crippen molar-refractivity contribution >= 4 is 22.4 Å². The van der Waals surface area contributed by atoms with E-state index in [1.165, 1.54) is 11.5 Å². The van der Waals surface area contributed by atoms with E-state index in [1.807, 2.05) is 13.0 Å². The van der Waals surface area contributed by atoms with Crippen LogP contribution in [-0.2, 0) is 0 Å². The molecular weight excluding hydrogens is 184 g/mol. The average Bonchev–Trinajstić information content (AvgIpc) is 2.42. The SMILES string of the molecule is C=C(C)CNc1snc(N)c1C#N. The topological polar surface area (TPSA) is 74.7 Å². The lowest BCUT2D eigenvalue weighted by Gasteiger charge is -2.01. The van der Waals surface area contributed by atoms with E-state index in [0.29, 0.717) is 17.1 Å². The monoisotopic (exact) mass is 194 g/mol. The molecule has 0 atom stereocenters. The van der Waals surface area contributed by atoms with Gasteiger partial charge in [0.2, 0.25) is 0 Å². The van der Waals surface area contributed by atoms with Crippen molar-refractivity contribution in [3.8, 4) is 6.07 Å². The van der Waals surface area contributed by atoms with Crippen LogP contribution in [0, 0.1) is 11.3 Å². The molecule has 0 spiro atoms.